The molecule has 0 bridgehead atoms. The van der Waals surface area contributed by atoms with E-state index in [-0.39, 0.29) is 30.7 Å². The summed E-state index contributed by atoms with van der Waals surface area (Å²) < 4.78 is 5.10. The Morgan fingerprint density at radius 1 is 1.23 bits per heavy atom. The summed E-state index contributed by atoms with van der Waals surface area (Å²) >= 11 is 0. The molecule has 1 aliphatic carbocycles. The molecule has 1 aliphatic rings. The zero-order valence-corrected chi connectivity index (χ0v) is 12.9. The van der Waals surface area contributed by atoms with E-state index in [0.29, 0.717) is 5.75 Å². The number of carboxylic acid groups (broad SMARTS) is 1. The number of carbonyl (C=O) groups is 2. The number of aliphatic carboxylic acids is 1. The van der Waals surface area contributed by atoms with Crippen LogP contribution in [0.15, 0.2) is 24.3 Å². The van der Waals surface area contributed by atoms with Crippen molar-refractivity contribution in [3.63, 3.8) is 0 Å². The highest BCUT2D eigenvalue weighted by Crippen LogP contribution is 2.26. The number of rotatable bonds is 7. The van der Waals surface area contributed by atoms with Crippen LogP contribution in [-0.4, -0.2) is 30.1 Å². The molecule has 0 heterocycles. The standard InChI is InChI=1S/C17H23NO4/c1-22-15-8-6-12(7-9-15)13(11-17(20)21)10-16(19)18-14-4-2-3-5-14/h6-9,13-14H,2-5,10-11H2,1H3,(H,18,19)(H,20,21). The van der Waals surface area contributed by atoms with Crippen LogP contribution >= 0.6 is 0 Å². The van der Waals surface area contributed by atoms with Crippen molar-refractivity contribution < 1.29 is 19.4 Å². The summed E-state index contributed by atoms with van der Waals surface area (Å²) in [5.41, 5.74) is 0.852. The lowest BCUT2D eigenvalue weighted by Gasteiger charge is -2.18. The summed E-state index contributed by atoms with van der Waals surface area (Å²) in [5.74, 6) is -0.554. The third-order valence-electron chi connectivity index (χ3n) is 4.16. The van der Waals surface area contributed by atoms with Gasteiger partial charge in [0.15, 0.2) is 0 Å². The van der Waals surface area contributed by atoms with Crippen molar-refractivity contribution in [1.82, 2.24) is 5.32 Å². The number of hydrogen-bond acceptors (Lipinski definition) is 3. The molecule has 2 N–H and O–H groups in total. The molecule has 1 amide bonds. The van der Waals surface area contributed by atoms with Crippen LogP contribution in [0.3, 0.4) is 0 Å². The number of amides is 1. The largest absolute Gasteiger partial charge is 0.497 e. The van der Waals surface area contributed by atoms with E-state index in [1.807, 2.05) is 12.1 Å². The van der Waals surface area contributed by atoms with Gasteiger partial charge in [-0.05, 0) is 30.5 Å². The van der Waals surface area contributed by atoms with Crippen molar-refractivity contribution in [1.29, 1.82) is 0 Å². The van der Waals surface area contributed by atoms with Crippen molar-refractivity contribution in [3.05, 3.63) is 29.8 Å². The molecule has 0 radical (unpaired) electrons. The average molecular weight is 305 g/mol. The second-order valence-corrected chi connectivity index (χ2v) is 5.82. The molecule has 1 aromatic carbocycles. The number of nitrogens with one attached hydrogen (secondary N) is 1. The van der Waals surface area contributed by atoms with Gasteiger partial charge in [0.05, 0.1) is 13.5 Å². The summed E-state index contributed by atoms with van der Waals surface area (Å²) in [4.78, 5) is 23.2. The van der Waals surface area contributed by atoms with Crippen molar-refractivity contribution in [2.75, 3.05) is 7.11 Å². The molecule has 1 fully saturated rings. The van der Waals surface area contributed by atoms with Gasteiger partial charge in [-0.1, -0.05) is 25.0 Å². The molecule has 1 saturated carbocycles. The van der Waals surface area contributed by atoms with Gasteiger partial charge >= 0.3 is 5.97 Å². The lowest BCUT2D eigenvalue weighted by atomic mass is 9.92. The molecule has 5 nitrogen and oxygen atoms in total. The zero-order chi connectivity index (χ0) is 15.9. The summed E-state index contributed by atoms with van der Waals surface area (Å²) in [5, 5.41) is 12.1. The van der Waals surface area contributed by atoms with Crippen LogP contribution in [0.1, 0.15) is 50.0 Å². The van der Waals surface area contributed by atoms with Gasteiger partial charge in [-0.15, -0.1) is 0 Å². The van der Waals surface area contributed by atoms with Gasteiger partial charge in [-0.3, -0.25) is 9.59 Å². The van der Waals surface area contributed by atoms with Gasteiger partial charge in [-0.25, -0.2) is 0 Å². The molecule has 22 heavy (non-hydrogen) atoms. The highest BCUT2D eigenvalue weighted by Gasteiger charge is 2.22. The SMILES string of the molecule is COc1ccc(C(CC(=O)O)CC(=O)NC2CCCC2)cc1. The first kappa shape index (κ1) is 16.3. The third-order valence-corrected chi connectivity index (χ3v) is 4.16. The second-order valence-electron chi connectivity index (χ2n) is 5.82. The maximum Gasteiger partial charge on any atom is 0.303 e. The van der Waals surface area contributed by atoms with E-state index in [1.165, 1.54) is 0 Å². The first-order chi connectivity index (χ1) is 10.6. The monoisotopic (exact) mass is 305 g/mol. The molecular weight excluding hydrogens is 282 g/mol. The topological polar surface area (TPSA) is 75.6 Å². The smallest absolute Gasteiger partial charge is 0.303 e. The molecule has 1 atom stereocenters. The Morgan fingerprint density at radius 2 is 1.86 bits per heavy atom. The van der Waals surface area contributed by atoms with Crippen LogP contribution < -0.4 is 10.1 Å². The normalized spacial score (nSPS) is 16.2. The molecular formula is C17H23NO4. The average Bonchev–Trinajstić information content (AvgIpc) is 2.99. The van der Waals surface area contributed by atoms with E-state index < -0.39 is 5.97 Å². The highest BCUT2D eigenvalue weighted by atomic mass is 16.5. The van der Waals surface area contributed by atoms with Crippen LogP contribution in [0.4, 0.5) is 0 Å². The Hall–Kier alpha value is -2.04. The maximum absolute atomic E-state index is 12.2. The minimum Gasteiger partial charge on any atom is -0.497 e. The minimum atomic E-state index is -0.894. The van der Waals surface area contributed by atoms with E-state index in [4.69, 9.17) is 9.84 Å². The summed E-state index contributed by atoms with van der Waals surface area (Å²) in [6.45, 7) is 0. The molecule has 0 spiro atoms. The van der Waals surface area contributed by atoms with Crippen LogP contribution in [0.25, 0.3) is 0 Å². The molecule has 5 heteroatoms. The maximum atomic E-state index is 12.2. The predicted octanol–water partition coefficient (Wildman–Crippen LogP) is 2.70. The van der Waals surface area contributed by atoms with E-state index in [2.05, 4.69) is 5.32 Å². The number of hydrogen-bond donors (Lipinski definition) is 2. The third kappa shape index (κ3) is 4.76. The highest BCUT2D eigenvalue weighted by molar-refractivity contribution is 5.78. The van der Waals surface area contributed by atoms with Gasteiger partial charge in [0.1, 0.15) is 5.75 Å². The summed E-state index contributed by atoms with van der Waals surface area (Å²) in [6, 6.07) is 7.50. The Labute approximate surface area is 130 Å². The second kappa shape index (κ2) is 7.82. The van der Waals surface area contributed by atoms with E-state index >= 15 is 0 Å². The van der Waals surface area contributed by atoms with Crippen molar-refractivity contribution in [2.45, 2.75) is 50.5 Å². The number of carboxylic acids is 1. The molecule has 120 valence electrons. The predicted molar refractivity (Wildman–Crippen MR) is 83.0 cm³/mol. The zero-order valence-electron chi connectivity index (χ0n) is 12.9. The van der Waals surface area contributed by atoms with Gasteiger partial charge in [0.25, 0.3) is 0 Å². The van der Waals surface area contributed by atoms with Gasteiger partial charge in [-0.2, -0.15) is 0 Å². The lowest BCUT2D eigenvalue weighted by molar-refractivity contribution is -0.137. The first-order valence-corrected chi connectivity index (χ1v) is 7.73. The first-order valence-electron chi connectivity index (χ1n) is 7.73. The Kier molecular flexibility index (Phi) is 5.81. The van der Waals surface area contributed by atoms with Crippen molar-refractivity contribution in [3.8, 4) is 5.75 Å². The van der Waals surface area contributed by atoms with Gasteiger partial charge < -0.3 is 15.2 Å². The van der Waals surface area contributed by atoms with E-state index in [9.17, 15) is 9.59 Å². The fourth-order valence-corrected chi connectivity index (χ4v) is 2.98. The van der Waals surface area contributed by atoms with Gasteiger partial charge in [0.2, 0.25) is 5.91 Å². The Balaban J connectivity index is 2.00. The fraction of sp³-hybridized carbons (Fsp3) is 0.529. The Bertz CT molecular complexity index is 506. The summed E-state index contributed by atoms with van der Waals surface area (Å²) in [7, 11) is 1.58. The molecule has 0 aromatic heterocycles. The quantitative estimate of drug-likeness (QED) is 0.812. The molecule has 1 unspecified atom stereocenters. The van der Waals surface area contributed by atoms with Crippen molar-refractivity contribution in [2.24, 2.45) is 0 Å². The minimum absolute atomic E-state index is 0.0512. The van der Waals surface area contributed by atoms with Crippen LogP contribution in [0, 0.1) is 0 Å². The van der Waals surface area contributed by atoms with Crippen LogP contribution in [0.2, 0.25) is 0 Å². The summed E-state index contributed by atoms with van der Waals surface area (Å²) in [6.07, 6.45) is 4.51. The molecule has 0 aliphatic heterocycles. The van der Waals surface area contributed by atoms with Crippen molar-refractivity contribution >= 4 is 11.9 Å². The van der Waals surface area contributed by atoms with E-state index in [0.717, 1.165) is 31.2 Å². The van der Waals surface area contributed by atoms with Gasteiger partial charge in [0, 0.05) is 18.4 Å². The number of methoxy groups -OCH3 is 1. The molecule has 0 saturated heterocycles. The number of carbonyl (C=O) groups excluding carboxylic acids is 1. The number of ether oxygens (including phenoxy) is 1. The molecule has 2 rings (SSSR count). The Morgan fingerprint density at radius 3 is 2.41 bits per heavy atom. The lowest BCUT2D eigenvalue weighted by Crippen LogP contribution is -2.33. The molecule has 1 aromatic rings. The van der Waals surface area contributed by atoms with Crippen LogP contribution in [-0.2, 0) is 9.59 Å². The van der Waals surface area contributed by atoms with E-state index in [1.54, 1.807) is 19.2 Å². The number of benzene rings is 1. The van der Waals surface area contributed by atoms with Crippen LogP contribution in [0.5, 0.6) is 5.75 Å². The fourth-order valence-electron chi connectivity index (χ4n) is 2.98.